The number of hydrogen-bond acceptors (Lipinski definition) is 5. The number of nitrogens with one attached hydrogen (secondary N) is 1. The SMILES string of the molecule is COC[C@H](C)Oc1cc(/C=C/c2ccc(F)cc2)cc(C(=O)Nc2cnccn2)c1. The van der Waals surface area contributed by atoms with E-state index in [4.69, 9.17) is 9.47 Å². The fourth-order valence-corrected chi connectivity index (χ4v) is 2.74. The molecular weight excluding hydrogens is 385 g/mol. The summed E-state index contributed by atoms with van der Waals surface area (Å²) in [6.45, 7) is 2.29. The van der Waals surface area contributed by atoms with Crippen molar-refractivity contribution in [2.45, 2.75) is 13.0 Å². The Morgan fingerprint density at radius 1 is 1.13 bits per heavy atom. The Morgan fingerprint density at radius 2 is 1.90 bits per heavy atom. The van der Waals surface area contributed by atoms with E-state index in [1.54, 1.807) is 31.4 Å². The number of halogens is 1. The van der Waals surface area contributed by atoms with E-state index in [1.807, 2.05) is 25.1 Å². The van der Waals surface area contributed by atoms with Gasteiger partial charge in [-0.15, -0.1) is 0 Å². The first-order chi connectivity index (χ1) is 14.5. The number of benzene rings is 2. The lowest BCUT2D eigenvalue weighted by atomic mass is 10.1. The summed E-state index contributed by atoms with van der Waals surface area (Å²) in [5.41, 5.74) is 1.99. The molecule has 154 valence electrons. The number of methoxy groups -OCH3 is 1. The van der Waals surface area contributed by atoms with Crippen molar-refractivity contribution in [3.05, 3.63) is 83.6 Å². The van der Waals surface area contributed by atoms with Gasteiger partial charge >= 0.3 is 0 Å². The minimum absolute atomic E-state index is 0.192. The summed E-state index contributed by atoms with van der Waals surface area (Å²) in [7, 11) is 1.60. The van der Waals surface area contributed by atoms with Crippen LogP contribution in [-0.2, 0) is 4.74 Å². The molecule has 0 aliphatic rings. The second-order valence-corrected chi connectivity index (χ2v) is 6.60. The van der Waals surface area contributed by atoms with Crippen molar-refractivity contribution in [2.75, 3.05) is 19.0 Å². The number of hydrogen-bond donors (Lipinski definition) is 1. The Morgan fingerprint density at radius 3 is 2.60 bits per heavy atom. The van der Waals surface area contributed by atoms with Crippen LogP contribution in [-0.4, -0.2) is 35.7 Å². The van der Waals surface area contributed by atoms with Crippen LogP contribution < -0.4 is 10.1 Å². The molecule has 0 spiro atoms. The van der Waals surface area contributed by atoms with Crippen molar-refractivity contribution >= 4 is 23.9 Å². The number of ether oxygens (including phenoxy) is 2. The van der Waals surface area contributed by atoms with E-state index in [-0.39, 0.29) is 17.8 Å². The van der Waals surface area contributed by atoms with Crippen LogP contribution in [0.2, 0.25) is 0 Å². The number of carbonyl (C=O) groups is 1. The van der Waals surface area contributed by atoms with E-state index in [1.165, 1.54) is 30.7 Å². The molecule has 6 nitrogen and oxygen atoms in total. The van der Waals surface area contributed by atoms with Gasteiger partial charge in [-0.3, -0.25) is 9.78 Å². The van der Waals surface area contributed by atoms with E-state index in [0.29, 0.717) is 23.7 Å². The number of aromatic nitrogens is 2. The van der Waals surface area contributed by atoms with Gasteiger partial charge < -0.3 is 14.8 Å². The molecule has 0 unspecified atom stereocenters. The molecule has 0 radical (unpaired) electrons. The molecule has 3 rings (SSSR count). The van der Waals surface area contributed by atoms with Gasteiger partial charge in [-0.1, -0.05) is 24.3 Å². The lowest BCUT2D eigenvalue weighted by Crippen LogP contribution is -2.19. The van der Waals surface area contributed by atoms with Gasteiger partial charge in [0.1, 0.15) is 17.7 Å². The first-order valence-electron chi connectivity index (χ1n) is 9.35. The van der Waals surface area contributed by atoms with Gasteiger partial charge in [0.25, 0.3) is 5.91 Å². The third kappa shape index (κ3) is 6.22. The normalized spacial score (nSPS) is 12.0. The molecule has 0 aliphatic carbocycles. The average molecular weight is 407 g/mol. The second kappa shape index (κ2) is 10.3. The lowest BCUT2D eigenvalue weighted by Gasteiger charge is -2.15. The van der Waals surface area contributed by atoms with Crippen molar-refractivity contribution in [3.8, 4) is 5.75 Å². The summed E-state index contributed by atoms with van der Waals surface area (Å²) in [4.78, 5) is 20.7. The van der Waals surface area contributed by atoms with E-state index in [2.05, 4.69) is 15.3 Å². The second-order valence-electron chi connectivity index (χ2n) is 6.60. The smallest absolute Gasteiger partial charge is 0.257 e. The van der Waals surface area contributed by atoms with Gasteiger partial charge in [-0.25, -0.2) is 9.37 Å². The largest absolute Gasteiger partial charge is 0.488 e. The standard InChI is InChI=1S/C23H22FN3O3/c1-16(15-29-2)30-21-12-18(4-3-17-5-7-20(24)8-6-17)11-19(13-21)23(28)27-22-14-25-9-10-26-22/h3-14,16H,15H2,1-2H3,(H,26,27,28)/b4-3+/t16-/m0/s1. The van der Waals surface area contributed by atoms with Gasteiger partial charge in [0.2, 0.25) is 0 Å². The Hall–Kier alpha value is -3.58. The van der Waals surface area contributed by atoms with Crippen LogP contribution >= 0.6 is 0 Å². The molecule has 0 saturated carbocycles. The van der Waals surface area contributed by atoms with Crippen molar-refractivity contribution in [2.24, 2.45) is 0 Å². The van der Waals surface area contributed by atoms with Gasteiger partial charge in [-0.05, 0) is 48.4 Å². The molecular formula is C23H22FN3O3. The van der Waals surface area contributed by atoms with Crippen LogP contribution in [0.5, 0.6) is 5.75 Å². The zero-order chi connectivity index (χ0) is 21.3. The predicted molar refractivity (Wildman–Crippen MR) is 114 cm³/mol. The number of carbonyl (C=O) groups excluding carboxylic acids is 1. The average Bonchev–Trinajstić information content (AvgIpc) is 2.74. The number of rotatable bonds is 8. The molecule has 3 aromatic rings. The fraction of sp³-hybridized carbons (Fsp3) is 0.174. The molecule has 1 heterocycles. The molecule has 1 aromatic heterocycles. The van der Waals surface area contributed by atoms with Crippen LogP contribution in [0, 0.1) is 5.82 Å². The minimum atomic E-state index is -0.336. The van der Waals surface area contributed by atoms with Crippen LogP contribution in [0.15, 0.2) is 61.1 Å². The Labute approximate surface area is 174 Å². The van der Waals surface area contributed by atoms with E-state index in [9.17, 15) is 9.18 Å². The first-order valence-corrected chi connectivity index (χ1v) is 9.35. The monoisotopic (exact) mass is 407 g/mol. The summed E-state index contributed by atoms with van der Waals surface area (Å²) < 4.78 is 24.1. The third-order valence-electron chi connectivity index (χ3n) is 4.07. The topological polar surface area (TPSA) is 73.3 Å². The molecule has 30 heavy (non-hydrogen) atoms. The maximum atomic E-state index is 13.1. The molecule has 7 heteroatoms. The number of nitrogens with zero attached hydrogens (tertiary/aromatic N) is 2. The highest BCUT2D eigenvalue weighted by Gasteiger charge is 2.12. The van der Waals surface area contributed by atoms with Crippen LogP contribution in [0.3, 0.4) is 0 Å². The lowest BCUT2D eigenvalue weighted by molar-refractivity contribution is 0.0917. The Kier molecular flexibility index (Phi) is 7.24. The Balaban J connectivity index is 1.87. The summed E-state index contributed by atoms with van der Waals surface area (Å²) in [6.07, 6.45) is 7.97. The van der Waals surface area contributed by atoms with Crippen molar-refractivity contribution in [3.63, 3.8) is 0 Å². The third-order valence-corrected chi connectivity index (χ3v) is 4.07. The van der Waals surface area contributed by atoms with Crippen molar-refractivity contribution < 1.29 is 18.7 Å². The Bertz CT molecular complexity index is 1010. The summed E-state index contributed by atoms with van der Waals surface area (Å²) >= 11 is 0. The fourth-order valence-electron chi connectivity index (χ4n) is 2.74. The van der Waals surface area contributed by atoms with Crippen molar-refractivity contribution in [1.29, 1.82) is 0 Å². The summed E-state index contributed by atoms with van der Waals surface area (Å²) in [5, 5.41) is 2.71. The van der Waals surface area contributed by atoms with E-state index < -0.39 is 0 Å². The molecule has 1 N–H and O–H groups in total. The maximum absolute atomic E-state index is 13.1. The first kappa shape index (κ1) is 21.1. The van der Waals surface area contributed by atoms with E-state index >= 15 is 0 Å². The zero-order valence-electron chi connectivity index (χ0n) is 16.7. The molecule has 0 fully saturated rings. The quantitative estimate of drug-likeness (QED) is 0.559. The summed E-state index contributed by atoms with van der Waals surface area (Å²) in [5.74, 6) is 0.254. The highest BCUT2D eigenvalue weighted by Crippen LogP contribution is 2.22. The van der Waals surface area contributed by atoms with Crippen LogP contribution in [0.25, 0.3) is 12.2 Å². The zero-order valence-corrected chi connectivity index (χ0v) is 16.7. The summed E-state index contributed by atoms with van der Waals surface area (Å²) in [6, 6.07) is 11.4. The predicted octanol–water partition coefficient (Wildman–Crippen LogP) is 4.45. The van der Waals surface area contributed by atoms with E-state index in [0.717, 1.165) is 11.1 Å². The number of anilines is 1. The van der Waals surface area contributed by atoms with Gasteiger partial charge in [0.15, 0.2) is 5.82 Å². The van der Waals surface area contributed by atoms with Crippen LogP contribution in [0.4, 0.5) is 10.2 Å². The molecule has 1 amide bonds. The number of amides is 1. The molecule has 1 atom stereocenters. The molecule has 2 aromatic carbocycles. The van der Waals surface area contributed by atoms with Gasteiger partial charge in [0.05, 0.1) is 12.8 Å². The maximum Gasteiger partial charge on any atom is 0.257 e. The van der Waals surface area contributed by atoms with Gasteiger partial charge in [-0.2, -0.15) is 0 Å². The molecule has 0 aliphatic heterocycles. The highest BCUT2D eigenvalue weighted by molar-refractivity contribution is 6.04. The van der Waals surface area contributed by atoms with Crippen LogP contribution in [0.1, 0.15) is 28.4 Å². The molecule has 0 saturated heterocycles. The minimum Gasteiger partial charge on any atom is -0.488 e. The molecule has 0 bridgehead atoms. The van der Waals surface area contributed by atoms with Gasteiger partial charge in [0, 0.05) is 25.1 Å². The highest BCUT2D eigenvalue weighted by atomic mass is 19.1. The van der Waals surface area contributed by atoms with Crippen molar-refractivity contribution in [1.82, 2.24) is 9.97 Å².